The molecule has 1 aromatic carbocycles. The largest absolute Gasteiger partial charge is 0.491 e. The fraction of sp³-hybridized carbons (Fsp3) is 0.474. The molecular weight excluding hydrogens is 320 g/mol. The lowest BCUT2D eigenvalue weighted by atomic mass is 10.2. The van der Waals surface area contributed by atoms with Gasteiger partial charge in [-0.15, -0.1) is 11.3 Å². The average Bonchev–Trinajstić information content (AvgIpc) is 3.09. The van der Waals surface area contributed by atoms with E-state index in [9.17, 15) is 5.11 Å². The summed E-state index contributed by atoms with van der Waals surface area (Å²) in [6.07, 6.45) is -0.449. The van der Waals surface area contributed by atoms with E-state index in [1.165, 1.54) is 10.4 Å². The highest BCUT2D eigenvalue weighted by Gasteiger charge is 2.19. The second kappa shape index (κ2) is 8.62. The third kappa shape index (κ3) is 5.31. The topological polar surface area (TPSA) is 35.9 Å². The molecule has 1 fully saturated rings. The van der Waals surface area contributed by atoms with Gasteiger partial charge in [0.25, 0.3) is 0 Å². The summed E-state index contributed by atoms with van der Waals surface area (Å²) < 4.78 is 5.67. The van der Waals surface area contributed by atoms with Crippen molar-refractivity contribution in [3.05, 3.63) is 52.2 Å². The molecule has 2 heterocycles. The van der Waals surface area contributed by atoms with Gasteiger partial charge in [0.05, 0.1) is 0 Å². The molecule has 130 valence electrons. The molecule has 0 amide bonds. The highest BCUT2D eigenvalue weighted by Crippen LogP contribution is 2.14. The highest BCUT2D eigenvalue weighted by molar-refractivity contribution is 7.09. The van der Waals surface area contributed by atoms with E-state index in [0.717, 1.165) is 38.5 Å². The molecule has 1 N–H and O–H groups in total. The Bertz CT molecular complexity index is 592. The molecule has 24 heavy (non-hydrogen) atoms. The van der Waals surface area contributed by atoms with Crippen LogP contribution in [0.25, 0.3) is 0 Å². The lowest BCUT2D eigenvalue weighted by Gasteiger charge is -2.35. The first-order valence-corrected chi connectivity index (χ1v) is 9.41. The normalized spacial score (nSPS) is 17.8. The number of aryl methyl sites for hydroxylation is 1. The van der Waals surface area contributed by atoms with E-state index in [2.05, 4.69) is 34.2 Å². The second-order valence-electron chi connectivity index (χ2n) is 6.43. The van der Waals surface area contributed by atoms with Crippen molar-refractivity contribution < 1.29 is 9.84 Å². The molecule has 0 radical (unpaired) electrons. The quantitative estimate of drug-likeness (QED) is 0.836. The zero-order valence-corrected chi connectivity index (χ0v) is 15.0. The predicted octanol–water partition coefficient (Wildman–Crippen LogP) is 2.61. The number of β-amino-alcohol motifs (C(OH)–C–C–N with tert-alkyl or cyclic N) is 1. The maximum atomic E-state index is 10.2. The lowest BCUT2D eigenvalue weighted by Crippen LogP contribution is -2.48. The zero-order chi connectivity index (χ0) is 16.8. The summed E-state index contributed by atoms with van der Waals surface area (Å²) in [7, 11) is 0. The molecule has 5 heteroatoms. The molecular formula is C19H26N2O2S. The first kappa shape index (κ1) is 17.4. The number of rotatable bonds is 7. The molecule has 1 aromatic heterocycles. The van der Waals surface area contributed by atoms with Gasteiger partial charge in [-0.25, -0.2) is 0 Å². The van der Waals surface area contributed by atoms with Gasteiger partial charge in [0, 0.05) is 44.1 Å². The van der Waals surface area contributed by atoms with Gasteiger partial charge >= 0.3 is 0 Å². The van der Waals surface area contributed by atoms with E-state index in [1.807, 2.05) is 35.6 Å². The van der Waals surface area contributed by atoms with E-state index in [-0.39, 0.29) is 0 Å². The maximum absolute atomic E-state index is 10.2. The third-order valence-corrected chi connectivity index (χ3v) is 5.22. The Hall–Kier alpha value is -1.40. The number of hydrogen-bond donors (Lipinski definition) is 1. The van der Waals surface area contributed by atoms with E-state index in [4.69, 9.17) is 4.74 Å². The van der Waals surface area contributed by atoms with Crippen LogP contribution in [0.4, 0.5) is 0 Å². The third-order valence-electron chi connectivity index (χ3n) is 4.36. The minimum absolute atomic E-state index is 0.346. The van der Waals surface area contributed by atoms with Gasteiger partial charge in [0.1, 0.15) is 18.5 Å². The molecule has 1 atom stereocenters. The fourth-order valence-corrected chi connectivity index (χ4v) is 3.68. The molecule has 3 rings (SSSR count). The number of hydrogen-bond acceptors (Lipinski definition) is 5. The Labute approximate surface area is 148 Å². The van der Waals surface area contributed by atoms with Crippen LogP contribution in [0.5, 0.6) is 5.75 Å². The molecule has 1 aliphatic rings. The van der Waals surface area contributed by atoms with Crippen LogP contribution in [-0.2, 0) is 6.54 Å². The summed E-state index contributed by atoms with van der Waals surface area (Å²) in [6, 6.07) is 12.3. The number of nitrogens with zero attached hydrogens (tertiary/aromatic N) is 2. The molecule has 1 aliphatic heterocycles. The van der Waals surface area contributed by atoms with Gasteiger partial charge in [-0.1, -0.05) is 23.8 Å². The van der Waals surface area contributed by atoms with Gasteiger partial charge in [0.15, 0.2) is 0 Å². The monoisotopic (exact) mass is 346 g/mol. The first-order valence-electron chi connectivity index (χ1n) is 8.53. The van der Waals surface area contributed by atoms with Crippen LogP contribution in [0.2, 0.25) is 0 Å². The molecule has 1 saturated heterocycles. The summed E-state index contributed by atoms with van der Waals surface area (Å²) in [4.78, 5) is 6.24. The smallest absolute Gasteiger partial charge is 0.119 e. The van der Waals surface area contributed by atoms with Crippen LogP contribution in [0.1, 0.15) is 10.4 Å². The van der Waals surface area contributed by atoms with Gasteiger partial charge in [-0.05, 0) is 30.5 Å². The van der Waals surface area contributed by atoms with Crippen LogP contribution in [0.15, 0.2) is 41.8 Å². The number of aliphatic hydroxyl groups excluding tert-OH is 1. The first-order chi connectivity index (χ1) is 11.7. The second-order valence-corrected chi connectivity index (χ2v) is 7.47. The Balaban J connectivity index is 1.35. The van der Waals surface area contributed by atoms with E-state index >= 15 is 0 Å². The number of thiophene rings is 1. The number of benzene rings is 1. The van der Waals surface area contributed by atoms with Gasteiger partial charge in [-0.3, -0.25) is 9.80 Å². The average molecular weight is 346 g/mol. The molecule has 1 unspecified atom stereocenters. The minimum Gasteiger partial charge on any atom is -0.491 e. The van der Waals surface area contributed by atoms with Crippen molar-refractivity contribution in [3.8, 4) is 5.75 Å². The van der Waals surface area contributed by atoms with Crippen molar-refractivity contribution in [1.29, 1.82) is 0 Å². The summed E-state index contributed by atoms with van der Waals surface area (Å²) in [5.74, 6) is 0.820. The van der Waals surface area contributed by atoms with Crippen molar-refractivity contribution in [2.24, 2.45) is 0 Å². The van der Waals surface area contributed by atoms with Gasteiger partial charge < -0.3 is 9.84 Å². The molecule has 0 spiro atoms. The van der Waals surface area contributed by atoms with E-state index in [0.29, 0.717) is 13.2 Å². The zero-order valence-electron chi connectivity index (χ0n) is 14.2. The fourth-order valence-electron chi connectivity index (χ4n) is 2.93. The van der Waals surface area contributed by atoms with Crippen LogP contribution in [0.3, 0.4) is 0 Å². The standard InChI is InChI=1S/C19H26N2O2S/c1-16-4-6-18(7-5-16)23-15-17(22)13-20-8-10-21(11-9-20)14-19-3-2-12-24-19/h2-7,12,17,22H,8-11,13-15H2,1H3. The molecule has 2 aromatic rings. The van der Waals surface area contributed by atoms with Gasteiger partial charge in [-0.2, -0.15) is 0 Å². The summed E-state index contributed by atoms with van der Waals surface area (Å²) in [5, 5.41) is 12.3. The molecule has 0 bridgehead atoms. The van der Waals surface area contributed by atoms with Crippen LogP contribution >= 0.6 is 11.3 Å². The Morgan fingerprint density at radius 3 is 2.46 bits per heavy atom. The molecule has 0 saturated carbocycles. The summed E-state index contributed by atoms with van der Waals surface area (Å²) >= 11 is 1.82. The Kier molecular flexibility index (Phi) is 6.26. The van der Waals surface area contributed by atoms with Crippen LogP contribution in [0, 0.1) is 6.92 Å². The molecule has 0 aliphatic carbocycles. The van der Waals surface area contributed by atoms with Crippen molar-refractivity contribution >= 4 is 11.3 Å². The van der Waals surface area contributed by atoms with Crippen LogP contribution in [-0.4, -0.2) is 60.3 Å². The number of aliphatic hydroxyl groups is 1. The predicted molar refractivity (Wildman–Crippen MR) is 98.7 cm³/mol. The highest BCUT2D eigenvalue weighted by atomic mass is 32.1. The van der Waals surface area contributed by atoms with Crippen molar-refractivity contribution in [2.75, 3.05) is 39.3 Å². The van der Waals surface area contributed by atoms with Crippen LogP contribution < -0.4 is 4.74 Å². The van der Waals surface area contributed by atoms with E-state index in [1.54, 1.807) is 0 Å². The maximum Gasteiger partial charge on any atom is 0.119 e. The van der Waals surface area contributed by atoms with Crippen molar-refractivity contribution in [1.82, 2.24) is 9.80 Å². The SMILES string of the molecule is Cc1ccc(OCC(O)CN2CCN(Cc3cccs3)CC2)cc1. The minimum atomic E-state index is -0.449. The van der Waals surface area contributed by atoms with Crippen molar-refractivity contribution in [2.45, 2.75) is 19.6 Å². The Morgan fingerprint density at radius 1 is 1.08 bits per heavy atom. The lowest BCUT2D eigenvalue weighted by molar-refractivity contribution is 0.0448. The summed E-state index contributed by atoms with van der Waals surface area (Å²) in [5.41, 5.74) is 1.21. The number of ether oxygens (including phenoxy) is 1. The number of piperazine rings is 1. The Morgan fingerprint density at radius 2 is 1.79 bits per heavy atom. The molecule has 4 nitrogen and oxygen atoms in total. The van der Waals surface area contributed by atoms with Crippen molar-refractivity contribution in [3.63, 3.8) is 0 Å². The van der Waals surface area contributed by atoms with Gasteiger partial charge in [0.2, 0.25) is 0 Å². The van der Waals surface area contributed by atoms with E-state index < -0.39 is 6.10 Å². The summed E-state index contributed by atoms with van der Waals surface area (Å²) in [6.45, 7) is 8.26.